The fourth-order valence-electron chi connectivity index (χ4n) is 3.33. The van der Waals surface area contributed by atoms with Crippen molar-refractivity contribution >= 4 is 0 Å². The molecule has 0 bridgehead atoms. The van der Waals surface area contributed by atoms with Gasteiger partial charge in [0.1, 0.15) is 5.82 Å². The predicted molar refractivity (Wildman–Crippen MR) is 86.3 cm³/mol. The second-order valence-corrected chi connectivity index (χ2v) is 5.99. The third-order valence-electron chi connectivity index (χ3n) is 4.49. The Morgan fingerprint density at radius 2 is 1.83 bits per heavy atom. The average Bonchev–Trinajstić information content (AvgIpc) is 2.56. The van der Waals surface area contributed by atoms with Gasteiger partial charge in [0, 0.05) is 11.5 Å². The molecule has 0 aliphatic carbocycles. The molecule has 23 heavy (non-hydrogen) atoms. The van der Waals surface area contributed by atoms with Crippen molar-refractivity contribution in [2.75, 3.05) is 13.1 Å². The highest BCUT2D eigenvalue weighted by Gasteiger charge is 2.39. The molecule has 3 rings (SSSR count). The molecule has 2 atom stereocenters. The van der Waals surface area contributed by atoms with E-state index in [9.17, 15) is 14.5 Å². The summed E-state index contributed by atoms with van der Waals surface area (Å²) in [6.45, 7) is 1.77. The molecule has 2 aromatic carbocycles. The van der Waals surface area contributed by atoms with E-state index in [2.05, 4.69) is 4.90 Å². The molecule has 1 saturated heterocycles. The van der Waals surface area contributed by atoms with E-state index in [0.29, 0.717) is 25.1 Å². The van der Waals surface area contributed by atoms with E-state index in [-0.39, 0.29) is 16.7 Å². The lowest BCUT2D eigenvalue weighted by atomic mass is 9.85. The van der Waals surface area contributed by atoms with Gasteiger partial charge in [-0.15, -0.1) is 0 Å². The molecule has 0 radical (unpaired) electrons. The van der Waals surface area contributed by atoms with E-state index in [0.717, 1.165) is 12.1 Å². The van der Waals surface area contributed by atoms with E-state index < -0.39 is 6.04 Å². The molecule has 1 aliphatic heterocycles. The van der Waals surface area contributed by atoms with Crippen LogP contribution in [0.3, 0.4) is 0 Å². The Morgan fingerprint density at radius 3 is 2.52 bits per heavy atom. The maximum atomic E-state index is 14.0. The fourth-order valence-corrected chi connectivity index (χ4v) is 3.33. The van der Waals surface area contributed by atoms with Crippen molar-refractivity contribution in [1.29, 1.82) is 0 Å². The van der Waals surface area contributed by atoms with Crippen molar-refractivity contribution < 1.29 is 9.31 Å². The normalized spacial score (nSPS) is 22.0. The van der Waals surface area contributed by atoms with Gasteiger partial charge in [-0.3, -0.25) is 15.0 Å². The van der Waals surface area contributed by atoms with Crippen molar-refractivity contribution in [3.05, 3.63) is 81.7 Å². The standard InChI is InChI=1S/C18H19FN2O2/c19-17-9-5-4-8-15(17)16-10-11-20(13-18(16)21(22)23)12-14-6-2-1-3-7-14/h1-9,16,18H,10-13H2/t16-,18+/m0/s1. The quantitative estimate of drug-likeness (QED) is 0.641. The van der Waals surface area contributed by atoms with E-state index in [4.69, 9.17) is 0 Å². The van der Waals surface area contributed by atoms with Gasteiger partial charge < -0.3 is 0 Å². The van der Waals surface area contributed by atoms with Crippen molar-refractivity contribution in [3.8, 4) is 0 Å². The van der Waals surface area contributed by atoms with E-state index in [1.54, 1.807) is 18.2 Å². The van der Waals surface area contributed by atoms with Crippen LogP contribution in [0.1, 0.15) is 23.5 Å². The molecule has 0 unspecified atom stereocenters. The topological polar surface area (TPSA) is 46.4 Å². The lowest BCUT2D eigenvalue weighted by Crippen LogP contribution is -2.46. The molecule has 0 amide bonds. The van der Waals surface area contributed by atoms with Crippen molar-refractivity contribution in [1.82, 2.24) is 4.90 Å². The van der Waals surface area contributed by atoms with Crippen LogP contribution >= 0.6 is 0 Å². The summed E-state index contributed by atoms with van der Waals surface area (Å²) in [6, 6.07) is 15.5. The highest BCUT2D eigenvalue weighted by atomic mass is 19.1. The van der Waals surface area contributed by atoms with Crippen LogP contribution in [0.15, 0.2) is 54.6 Å². The summed E-state index contributed by atoms with van der Waals surface area (Å²) in [5, 5.41) is 11.5. The highest BCUT2D eigenvalue weighted by Crippen LogP contribution is 2.32. The van der Waals surface area contributed by atoms with Gasteiger partial charge >= 0.3 is 0 Å². The van der Waals surface area contributed by atoms with Crippen molar-refractivity contribution in [2.45, 2.75) is 24.9 Å². The number of benzene rings is 2. The van der Waals surface area contributed by atoms with Crippen LogP contribution in [0, 0.1) is 15.9 Å². The van der Waals surface area contributed by atoms with E-state index in [1.807, 2.05) is 30.3 Å². The molecule has 0 N–H and O–H groups in total. The molecule has 0 saturated carbocycles. The van der Waals surface area contributed by atoms with Gasteiger partial charge in [0.2, 0.25) is 6.04 Å². The molecule has 1 fully saturated rings. The van der Waals surface area contributed by atoms with Crippen molar-refractivity contribution in [2.24, 2.45) is 0 Å². The Bertz CT molecular complexity index is 678. The summed E-state index contributed by atoms with van der Waals surface area (Å²) in [5.74, 6) is -0.709. The molecule has 0 aromatic heterocycles. The zero-order chi connectivity index (χ0) is 16.2. The number of rotatable bonds is 4. The monoisotopic (exact) mass is 314 g/mol. The molecule has 1 heterocycles. The summed E-state index contributed by atoms with van der Waals surface area (Å²) >= 11 is 0. The number of nitro groups is 1. The molecule has 2 aromatic rings. The minimum absolute atomic E-state index is 0.256. The fraction of sp³-hybridized carbons (Fsp3) is 0.333. The number of likely N-dealkylation sites (tertiary alicyclic amines) is 1. The maximum absolute atomic E-state index is 14.0. The Balaban J connectivity index is 1.76. The zero-order valence-electron chi connectivity index (χ0n) is 12.8. The minimum atomic E-state index is -0.774. The van der Waals surface area contributed by atoms with Gasteiger partial charge in [-0.1, -0.05) is 48.5 Å². The number of halogens is 1. The van der Waals surface area contributed by atoms with Gasteiger partial charge in [0.25, 0.3) is 0 Å². The lowest BCUT2D eigenvalue weighted by molar-refractivity contribution is -0.530. The number of hydrogen-bond donors (Lipinski definition) is 0. The Kier molecular flexibility index (Phi) is 4.67. The number of piperidine rings is 1. The SMILES string of the molecule is O=[N+]([O-])[C@@H]1CN(Cc2ccccc2)CC[C@H]1c1ccccc1F. The van der Waals surface area contributed by atoms with Crippen LogP contribution in [-0.2, 0) is 6.54 Å². The summed E-state index contributed by atoms with van der Waals surface area (Å²) in [4.78, 5) is 13.3. The number of nitrogens with zero attached hydrogens (tertiary/aromatic N) is 2. The third kappa shape index (κ3) is 3.56. The van der Waals surface area contributed by atoms with Gasteiger partial charge in [-0.25, -0.2) is 4.39 Å². The van der Waals surface area contributed by atoms with E-state index in [1.165, 1.54) is 6.07 Å². The first-order valence-electron chi connectivity index (χ1n) is 7.79. The third-order valence-corrected chi connectivity index (χ3v) is 4.49. The van der Waals surface area contributed by atoms with Crippen LogP contribution < -0.4 is 0 Å². The largest absolute Gasteiger partial charge is 0.292 e. The minimum Gasteiger partial charge on any atom is -0.292 e. The second-order valence-electron chi connectivity index (χ2n) is 5.99. The molecule has 1 aliphatic rings. The predicted octanol–water partition coefficient (Wildman–Crippen LogP) is 3.46. The molecule has 120 valence electrons. The molecule has 0 spiro atoms. The Hall–Kier alpha value is -2.27. The lowest BCUT2D eigenvalue weighted by Gasteiger charge is -2.34. The van der Waals surface area contributed by atoms with Gasteiger partial charge in [0.15, 0.2) is 0 Å². The maximum Gasteiger partial charge on any atom is 0.232 e. The van der Waals surface area contributed by atoms with Crippen LogP contribution in [0.5, 0.6) is 0 Å². The van der Waals surface area contributed by atoms with Crippen LogP contribution in [-0.4, -0.2) is 29.0 Å². The first-order valence-corrected chi connectivity index (χ1v) is 7.79. The van der Waals surface area contributed by atoms with Crippen LogP contribution in [0.2, 0.25) is 0 Å². The molecule has 5 heteroatoms. The van der Waals surface area contributed by atoms with E-state index >= 15 is 0 Å². The summed E-state index contributed by atoms with van der Waals surface area (Å²) in [6.07, 6.45) is 0.597. The molecular formula is C18H19FN2O2. The van der Waals surface area contributed by atoms with Gasteiger partial charge in [-0.2, -0.15) is 0 Å². The zero-order valence-corrected chi connectivity index (χ0v) is 12.8. The van der Waals surface area contributed by atoms with Crippen molar-refractivity contribution in [3.63, 3.8) is 0 Å². The highest BCUT2D eigenvalue weighted by molar-refractivity contribution is 5.24. The second kappa shape index (κ2) is 6.87. The average molecular weight is 314 g/mol. The molecule has 4 nitrogen and oxygen atoms in total. The summed E-state index contributed by atoms with van der Waals surface area (Å²) in [7, 11) is 0. The van der Waals surface area contributed by atoms with Crippen LogP contribution in [0.4, 0.5) is 4.39 Å². The number of hydrogen-bond acceptors (Lipinski definition) is 3. The first-order chi connectivity index (χ1) is 11.1. The Morgan fingerprint density at radius 1 is 1.13 bits per heavy atom. The summed E-state index contributed by atoms with van der Waals surface area (Å²) in [5.41, 5.74) is 1.60. The molecular weight excluding hydrogens is 295 g/mol. The summed E-state index contributed by atoms with van der Waals surface area (Å²) < 4.78 is 14.0. The first kappa shape index (κ1) is 15.6. The van der Waals surface area contributed by atoms with Gasteiger partial charge in [-0.05, 0) is 30.2 Å². The smallest absolute Gasteiger partial charge is 0.232 e. The Labute approximate surface area is 134 Å². The van der Waals surface area contributed by atoms with Crippen LogP contribution in [0.25, 0.3) is 0 Å². The van der Waals surface area contributed by atoms with Gasteiger partial charge in [0.05, 0.1) is 12.5 Å².